The summed E-state index contributed by atoms with van der Waals surface area (Å²) < 4.78 is 36.8. The molecule has 7 rings (SSSR count). The van der Waals surface area contributed by atoms with E-state index in [0.717, 1.165) is 0 Å². The van der Waals surface area contributed by atoms with Gasteiger partial charge in [-0.2, -0.15) is 0 Å². The van der Waals surface area contributed by atoms with E-state index in [9.17, 15) is 40.2 Å². The summed E-state index contributed by atoms with van der Waals surface area (Å²) >= 11 is 0. The zero-order valence-electron chi connectivity index (χ0n) is 29.7. The van der Waals surface area contributed by atoms with Crippen LogP contribution in [-0.2, 0) is 34.8 Å². The van der Waals surface area contributed by atoms with Crippen molar-refractivity contribution in [2.24, 2.45) is 0 Å². The van der Waals surface area contributed by atoms with Crippen molar-refractivity contribution in [3.05, 3.63) is 51.6 Å². The standard InChI is InChI=1S/C38H48O14/c1-5-38(46)14-20-30(36(45)32-31(34(20)43)33(42)19-7-6-8-22(40)29(19)35(32)44)25(15-38)51-28-13-23(41)37(18(4)49-28)52-27-12-10-24(17(3)48-27)50-26-11-9-21(39)16(2)47-26/h6-8,16-18,21,23-28,37,39-41,43,45-46H,5,9-15H2,1-4H3. The van der Waals surface area contributed by atoms with Crippen molar-refractivity contribution in [3.8, 4) is 17.2 Å². The Kier molecular flexibility index (Phi) is 10.2. The van der Waals surface area contributed by atoms with Crippen LogP contribution in [0.15, 0.2) is 18.2 Å². The van der Waals surface area contributed by atoms with E-state index in [4.69, 9.17) is 28.4 Å². The average Bonchev–Trinajstić information content (AvgIpc) is 3.09. The number of aliphatic hydroxyl groups excluding tert-OH is 2. The van der Waals surface area contributed by atoms with E-state index < -0.39 is 94.9 Å². The number of carbonyl (C=O) groups is 2. The predicted octanol–water partition coefficient (Wildman–Crippen LogP) is 3.40. The number of rotatable bonds is 7. The number of ether oxygens (including phenoxy) is 6. The van der Waals surface area contributed by atoms with E-state index in [2.05, 4.69) is 0 Å². The van der Waals surface area contributed by atoms with Crippen LogP contribution in [-0.4, -0.2) is 109 Å². The molecule has 3 heterocycles. The van der Waals surface area contributed by atoms with Gasteiger partial charge in [-0.3, -0.25) is 9.59 Å². The van der Waals surface area contributed by atoms with Crippen LogP contribution in [0.1, 0.15) is 122 Å². The molecule has 2 aromatic rings. The van der Waals surface area contributed by atoms with E-state index >= 15 is 0 Å². The summed E-state index contributed by atoms with van der Waals surface area (Å²) in [5, 5.41) is 66.4. The summed E-state index contributed by atoms with van der Waals surface area (Å²) in [6.45, 7) is 7.19. The number of aliphatic hydroxyl groups is 3. The van der Waals surface area contributed by atoms with Crippen LogP contribution in [0.25, 0.3) is 0 Å². The molecule has 0 bridgehead atoms. The highest BCUT2D eigenvalue weighted by molar-refractivity contribution is 6.31. The van der Waals surface area contributed by atoms with Crippen LogP contribution in [0.3, 0.4) is 0 Å². The molecular weight excluding hydrogens is 680 g/mol. The molecule has 3 aliphatic heterocycles. The third-order valence-electron chi connectivity index (χ3n) is 11.4. The van der Waals surface area contributed by atoms with Gasteiger partial charge in [-0.1, -0.05) is 19.1 Å². The van der Waals surface area contributed by atoms with Gasteiger partial charge in [0, 0.05) is 48.8 Å². The van der Waals surface area contributed by atoms with Gasteiger partial charge < -0.3 is 59.1 Å². The van der Waals surface area contributed by atoms with E-state index in [1.807, 2.05) is 13.8 Å². The summed E-state index contributed by atoms with van der Waals surface area (Å²) in [5.74, 6) is -3.15. The maximum Gasteiger partial charge on any atom is 0.202 e. The van der Waals surface area contributed by atoms with Gasteiger partial charge in [-0.05, 0) is 46.1 Å². The molecule has 3 saturated heterocycles. The molecule has 12 atom stereocenters. The molecule has 12 unspecified atom stereocenters. The lowest BCUT2D eigenvalue weighted by atomic mass is 9.72. The van der Waals surface area contributed by atoms with E-state index in [1.54, 1.807) is 13.8 Å². The SMILES string of the molecule is CCC1(O)Cc2c(O)c3c(c(O)c2C(OC2CC(O)C(OC4CCC(OC5CCC(O)C(C)O5)C(C)O4)C(C)O2)C1)C(=O)c1c(O)cccc1C3=O. The molecule has 14 heteroatoms. The highest BCUT2D eigenvalue weighted by atomic mass is 16.7. The minimum Gasteiger partial charge on any atom is -0.507 e. The first-order valence-electron chi connectivity index (χ1n) is 18.2. The molecule has 0 radical (unpaired) electrons. The Morgan fingerprint density at radius 1 is 0.769 bits per heavy atom. The monoisotopic (exact) mass is 728 g/mol. The molecule has 2 aliphatic carbocycles. The summed E-state index contributed by atoms with van der Waals surface area (Å²) in [5.41, 5.74) is -2.54. The minimum absolute atomic E-state index is 0.0316. The maximum atomic E-state index is 13.7. The number of hydrogen-bond acceptors (Lipinski definition) is 14. The third-order valence-corrected chi connectivity index (χ3v) is 11.4. The molecule has 2 aromatic carbocycles. The van der Waals surface area contributed by atoms with Gasteiger partial charge in [0.05, 0.1) is 65.0 Å². The molecule has 5 aliphatic rings. The highest BCUT2D eigenvalue weighted by Crippen LogP contribution is 2.53. The zero-order valence-corrected chi connectivity index (χ0v) is 29.7. The molecule has 6 N–H and O–H groups in total. The van der Waals surface area contributed by atoms with Crippen molar-refractivity contribution >= 4 is 11.6 Å². The summed E-state index contributed by atoms with van der Waals surface area (Å²) in [6, 6.07) is 4.03. The number of carbonyl (C=O) groups excluding carboxylic acids is 2. The van der Waals surface area contributed by atoms with Crippen molar-refractivity contribution < 1.29 is 68.6 Å². The van der Waals surface area contributed by atoms with Gasteiger partial charge in [-0.25, -0.2) is 0 Å². The lowest BCUT2D eigenvalue weighted by Gasteiger charge is -2.44. The van der Waals surface area contributed by atoms with Crippen LogP contribution in [0, 0.1) is 0 Å². The summed E-state index contributed by atoms with van der Waals surface area (Å²) in [4.78, 5) is 27.2. The Morgan fingerprint density at radius 3 is 2.13 bits per heavy atom. The minimum atomic E-state index is -1.41. The summed E-state index contributed by atoms with van der Waals surface area (Å²) in [6.07, 6.45) is -4.73. The number of hydrogen-bond donors (Lipinski definition) is 6. The number of fused-ring (bicyclic) bond motifs is 3. The molecule has 52 heavy (non-hydrogen) atoms. The first kappa shape index (κ1) is 37.1. The van der Waals surface area contributed by atoms with Gasteiger partial charge in [0.25, 0.3) is 0 Å². The normalized spacial score (nSPS) is 37.6. The molecule has 14 nitrogen and oxygen atoms in total. The van der Waals surface area contributed by atoms with Crippen molar-refractivity contribution in [2.45, 2.75) is 152 Å². The van der Waals surface area contributed by atoms with Crippen LogP contribution >= 0.6 is 0 Å². The first-order valence-corrected chi connectivity index (χ1v) is 18.2. The Labute approximate surface area is 301 Å². The van der Waals surface area contributed by atoms with Gasteiger partial charge >= 0.3 is 0 Å². The number of aromatic hydroxyl groups is 3. The van der Waals surface area contributed by atoms with E-state index in [1.165, 1.54) is 18.2 Å². The Bertz CT molecular complexity index is 1700. The molecule has 0 aromatic heterocycles. The number of benzene rings is 2. The zero-order chi connectivity index (χ0) is 37.2. The van der Waals surface area contributed by atoms with Crippen molar-refractivity contribution in [1.29, 1.82) is 0 Å². The van der Waals surface area contributed by atoms with Gasteiger partial charge in [0.1, 0.15) is 23.4 Å². The van der Waals surface area contributed by atoms with Crippen LogP contribution < -0.4 is 0 Å². The van der Waals surface area contributed by atoms with Crippen LogP contribution in [0.5, 0.6) is 17.2 Å². The van der Waals surface area contributed by atoms with Gasteiger partial charge in [-0.15, -0.1) is 0 Å². The van der Waals surface area contributed by atoms with Crippen molar-refractivity contribution in [1.82, 2.24) is 0 Å². The third kappa shape index (κ3) is 6.62. The lowest BCUT2D eigenvalue weighted by Crippen LogP contribution is -2.52. The van der Waals surface area contributed by atoms with E-state index in [-0.39, 0.29) is 66.2 Å². The van der Waals surface area contributed by atoms with Crippen molar-refractivity contribution in [2.75, 3.05) is 0 Å². The largest absolute Gasteiger partial charge is 0.507 e. The highest BCUT2D eigenvalue weighted by Gasteiger charge is 2.48. The quantitative estimate of drug-likeness (QED) is 0.193. The molecular formula is C38H48O14. The second-order valence-corrected chi connectivity index (χ2v) is 14.9. The fourth-order valence-corrected chi connectivity index (χ4v) is 8.33. The number of phenols is 3. The maximum absolute atomic E-state index is 13.7. The molecule has 0 amide bonds. The molecule has 0 saturated carbocycles. The average molecular weight is 729 g/mol. The summed E-state index contributed by atoms with van der Waals surface area (Å²) in [7, 11) is 0. The van der Waals surface area contributed by atoms with Crippen molar-refractivity contribution in [3.63, 3.8) is 0 Å². The van der Waals surface area contributed by atoms with E-state index in [0.29, 0.717) is 25.7 Å². The Balaban J connectivity index is 1.05. The topological polar surface area (TPSA) is 211 Å². The first-order chi connectivity index (χ1) is 24.7. The fraction of sp³-hybridized carbons (Fsp3) is 0.632. The second-order valence-electron chi connectivity index (χ2n) is 14.9. The smallest absolute Gasteiger partial charge is 0.202 e. The molecule has 3 fully saturated rings. The van der Waals surface area contributed by atoms with Crippen LogP contribution in [0.2, 0.25) is 0 Å². The number of phenolic OH excluding ortho intramolecular Hbond substituents is 3. The molecule has 0 spiro atoms. The second kappa shape index (κ2) is 14.2. The lowest BCUT2D eigenvalue weighted by molar-refractivity contribution is -0.320. The fourth-order valence-electron chi connectivity index (χ4n) is 8.33. The van der Waals surface area contributed by atoms with Gasteiger partial charge in [0.2, 0.25) is 5.78 Å². The van der Waals surface area contributed by atoms with Crippen LogP contribution in [0.4, 0.5) is 0 Å². The Hall–Kier alpha value is -3.18. The molecule has 284 valence electrons. The predicted molar refractivity (Wildman–Crippen MR) is 180 cm³/mol. The Morgan fingerprint density at radius 2 is 1.44 bits per heavy atom. The van der Waals surface area contributed by atoms with Gasteiger partial charge in [0.15, 0.2) is 24.7 Å². The number of ketones is 2.